The standard InChI is InChI=1S/C27H35N7O2S/c1-36-20-10-8-19(9-11-20)33-13-15-34(16-14-33)27-31-24(29-18-5-4-12-28-17-18)23(25(35)32-27)26-30-21-6-2-3-7-22(21)37-26/h2-3,6-11,18,23-24,27-29,31H,4-5,12-17H2,1H3,(H,32,35)/t18-,23?,24?,27?/m1/s1. The second-order valence-corrected chi connectivity index (χ2v) is 11.0. The number of hydrogen-bond donors (Lipinski definition) is 4. The van der Waals surface area contributed by atoms with Gasteiger partial charge in [-0.25, -0.2) is 4.98 Å². The van der Waals surface area contributed by atoms with Crippen LogP contribution in [0.2, 0.25) is 0 Å². The predicted molar refractivity (Wildman–Crippen MR) is 147 cm³/mol. The van der Waals surface area contributed by atoms with Gasteiger partial charge in [0.2, 0.25) is 5.91 Å². The predicted octanol–water partition coefficient (Wildman–Crippen LogP) is 1.88. The number of carbonyl (C=O) groups excluding carboxylic acids is 1. The van der Waals surface area contributed by atoms with Crippen molar-refractivity contribution in [2.24, 2.45) is 0 Å². The van der Waals surface area contributed by atoms with E-state index in [0.29, 0.717) is 6.04 Å². The maximum atomic E-state index is 13.6. The zero-order valence-corrected chi connectivity index (χ0v) is 22.0. The van der Waals surface area contributed by atoms with E-state index in [4.69, 9.17) is 9.72 Å². The molecular formula is C27H35N7O2S. The minimum absolute atomic E-state index is 0.0293. The van der Waals surface area contributed by atoms with E-state index < -0.39 is 0 Å². The molecule has 1 aromatic heterocycles. The molecule has 3 unspecified atom stereocenters. The number of benzene rings is 2. The number of carbonyl (C=O) groups is 1. The number of piperidine rings is 1. The van der Waals surface area contributed by atoms with E-state index in [1.54, 1.807) is 18.4 Å². The Labute approximate surface area is 221 Å². The maximum absolute atomic E-state index is 13.6. The highest BCUT2D eigenvalue weighted by atomic mass is 32.1. The Hall–Kier alpha value is -2.76. The highest BCUT2D eigenvalue weighted by Gasteiger charge is 2.42. The molecule has 0 spiro atoms. The van der Waals surface area contributed by atoms with Crippen molar-refractivity contribution in [1.82, 2.24) is 31.2 Å². The lowest BCUT2D eigenvalue weighted by molar-refractivity contribution is -0.129. The zero-order valence-electron chi connectivity index (χ0n) is 21.2. The molecule has 3 aliphatic heterocycles. The van der Waals surface area contributed by atoms with E-state index in [2.05, 4.69) is 49.3 Å². The Morgan fingerprint density at radius 2 is 1.89 bits per heavy atom. The van der Waals surface area contributed by atoms with Crippen LogP contribution >= 0.6 is 11.3 Å². The van der Waals surface area contributed by atoms with Gasteiger partial charge in [0, 0.05) is 44.5 Å². The zero-order chi connectivity index (χ0) is 25.2. The van der Waals surface area contributed by atoms with E-state index >= 15 is 0 Å². The van der Waals surface area contributed by atoms with E-state index in [0.717, 1.165) is 73.1 Å². The highest BCUT2D eigenvalue weighted by Crippen LogP contribution is 2.31. The summed E-state index contributed by atoms with van der Waals surface area (Å²) in [5.74, 6) is 0.517. The molecule has 4 atom stereocenters. The summed E-state index contributed by atoms with van der Waals surface area (Å²) < 4.78 is 6.41. The van der Waals surface area contributed by atoms with Gasteiger partial charge < -0.3 is 20.3 Å². The summed E-state index contributed by atoms with van der Waals surface area (Å²) in [7, 11) is 1.69. The normalized spacial score (nSPS) is 27.3. The van der Waals surface area contributed by atoms with Crippen molar-refractivity contribution in [2.45, 2.75) is 37.3 Å². The van der Waals surface area contributed by atoms with Crippen molar-refractivity contribution in [1.29, 1.82) is 0 Å². The number of ether oxygens (including phenoxy) is 1. The molecule has 3 saturated heterocycles. The molecule has 3 aliphatic rings. The van der Waals surface area contributed by atoms with Crippen LogP contribution in [0.3, 0.4) is 0 Å². The van der Waals surface area contributed by atoms with Crippen molar-refractivity contribution in [2.75, 3.05) is 51.3 Å². The van der Waals surface area contributed by atoms with Crippen molar-refractivity contribution in [3.8, 4) is 5.75 Å². The van der Waals surface area contributed by atoms with Crippen LogP contribution in [-0.4, -0.2) is 80.7 Å². The third kappa shape index (κ3) is 5.30. The van der Waals surface area contributed by atoms with Gasteiger partial charge in [0.05, 0.1) is 23.5 Å². The number of hydrogen-bond acceptors (Lipinski definition) is 9. The number of amides is 1. The lowest BCUT2D eigenvalue weighted by Crippen LogP contribution is -2.72. The molecule has 6 rings (SSSR count). The van der Waals surface area contributed by atoms with Crippen molar-refractivity contribution in [3.05, 3.63) is 53.5 Å². The SMILES string of the molecule is COc1ccc(N2CCN(C3NC(=O)C(c4nc5ccccc5s4)C(N[C@@H]4CCCNC4)N3)CC2)cc1. The molecule has 4 heterocycles. The summed E-state index contributed by atoms with van der Waals surface area (Å²) in [6.07, 6.45) is 1.83. The summed E-state index contributed by atoms with van der Waals surface area (Å²) in [5.41, 5.74) is 2.14. The summed E-state index contributed by atoms with van der Waals surface area (Å²) in [5, 5.41) is 15.1. The van der Waals surface area contributed by atoms with Gasteiger partial charge in [0.25, 0.3) is 0 Å². The molecule has 196 valence electrons. The molecule has 2 aromatic carbocycles. The topological polar surface area (TPSA) is 93.8 Å². The van der Waals surface area contributed by atoms with Crippen LogP contribution in [0.1, 0.15) is 23.8 Å². The summed E-state index contributed by atoms with van der Waals surface area (Å²) in [6.45, 7) is 5.47. The fraction of sp³-hybridized carbons (Fsp3) is 0.481. The first-order valence-corrected chi connectivity index (χ1v) is 14.0. The maximum Gasteiger partial charge on any atom is 0.235 e. The first-order chi connectivity index (χ1) is 18.2. The Bertz CT molecular complexity index is 1170. The Kier molecular flexibility index (Phi) is 7.25. The molecule has 37 heavy (non-hydrogen) atoms. The molecule has 0 radical (unpaired) electrons. The molecule has 0 aliphatic carbocycles. The molecule has 3 aromatic rings. The minimum atomic E-state index is -0.379. The Morgan fingerprint density at radius 1 is 1.08 bits per heavy atom. The van der Waals surface area contributed by atoms with Crippen LogP contribution < -0.4 is 30.9 Å². The van der Waals surface area contributed by atoms with Crippen molar-refractivity contribution >= 4 is 33.1 Å². The summed E-state index contributed by atoms with van der Waals surface area (Å²) >= 11 is 1.61. The van der Waals surface area contributed by atoms with Gasteiger partial charge >= 0.3 is 0 Å². The monoisotopic (exact) mass is 521 g/mol. The number of rotatable bonds is 6. The average molecular weight is 522 g/mol. The molecule has 0 saturated carbocycles. The number of piperazine rings is 1. The van der Waals surface area contributed by atoms with Crippen LogP contribution in [0.15, 0.2) is 48.5 Å². The lowest BCUT2D eigenvalue weighted by atomic mass is 10.00. The molecule has 10 heteroatoms. The fourth-order valence-corrected chi connectivity index (χ4v) is 6.69. The van der Waals surface area contributed by atoms with Gasteiger partial charge in [-0.05, 0) is 55.8 Å². The van der Waals surface area contributed by atoms with E-state index in [9.17, 15) is 4.79 Å². The van der Waals surface area contributed by atoms with Gasteiger partial charge in [-0.1, -0.05) is 12.1 Å². The first kappa shape index (κ1) is 24.6. The van der Waals surface area contributed by atoms with Gasteiger partial charge in [-0.2, -0.15) is 0 Å². The molecule has 0 bridgehead atoms. The summed E-state index contributed by atoms with van der Waals surface area (Å²) in [4.78, 5) is 23.2. The highest BCUT2D eigenvalue weighted by molar-refractivity contribution is 7.18. The second-order valence-electron chi connectivity index (χ2n) is 9.98. The van der Waals surface area contributed by atoms with E-state index in [1.165, 1.54) is 5.69 Å². The van der Waals surface area contributed by atoms with Crippen LogP contribution in [0.25, 0.3) is 10.2 Å². The van der Waals surface area contributed by atoms with Crippen molar-refractivity contribution < 1.29 is 9.53 Å². The Balaban J connectivity index is 1.17. The molecule has 1 amide bonds. The smallest absolute Gasteiger partial charge is 0.235 e. The third-order valence-corrected chi connectivity index (χ3v) is 8.76. The Morgan fingerprint density at radius 3 is 2.62 bits per heavy atom. The quantitative estimate of drug-likeness (QED) is 0.391. The molecular weight excluding hydrogens is 486 g/mol. The minimum Gasteiger partial charge on any atom is -0.497 e. The largest absolute Gasteiger partial charge is 0.497 e. The van der Waals surface area contributed by atoms with Crippen molar-refractivity contribution in [3.63, 3.8) is 0 Å². The van der Waals surface area contributed by atoms with Gasteiger partial charge in [-0.3, -0.25) is 20.3 Å². The number of nitrogens with zero attached hydrogens (tertiary/aromatic N) is 3. The van der Waals surface area contributed by atoms with Crippen LogP contribution in [0.4, 0.5) is 5.69 Å². The van der Waals surface area contributed by atoms with Gasteiger partial charge in [0.1, 0.15) is 23.0 Å². The van der Waals surface area contributed by atoms with Gasteiger partial charge in [0.15, 0.2) is 0 Å². The fourth-order valence-electron chi connectivity index (χ4n) is 5.58. The van der Waals surface area contributed by atoms with E-state index in [-0.39, 0.29) is 24.3 Å². The first-order valence-electron chi connectivity index (χ1n) is 13.2. The molecule has 3 fully saturated rings. The number of nitrogens with one attached hydrogen (secondary N) is 4. The second kappa shape index (κ2) is 10.9. The number of thiazole rings is 1. The number of fused-ring (bicyclic) bond motifs is 1. The van der Waals surface area contributed by atoms with Crippen LogP contribution in [0, 0.1) is 0 Å². The lowest BCUT2D eigenvalue weighted by Gasteiger charge is -2.46. The summed E-state index contributed by atoms with van der Waals surface area (Å²) in [6, 6.07) is 16.6. The number of para-hydroxylation sites is 1. The average Bonchev–Trinajstić information content (AvgIpc) is 3.37. The van der Waals surface area contributed by atoms with Crippen LogP contribution in [0.5, 0.6) is 5.75 Å². The van der Waals surface area contributed by atoms with Crippen LogP contribution in [-0.2, 0) is 4.79 Å². The third-order valence-electron chi connectivity index (χ3n) is 7.64. The molecule has 9 nitrogen and oxygen atoms in total. The number of methoxy groups -OCH3 is 1. The number of anilines is 1. The number of aromatic nitrogens is 1. The van der Waals surface area contributed by atoms with E-state index in [1.807, 2.05) is 30.3 Å². The molecule has 4 N–H and O–H groups in total. The van der Waals surface area contributed by atoms with Gasteiger partial charge in [-0.15, -0.1) is 11.3 Å².